The summed E-state index contributed by atoms with van der Waals surface area (Å²) in [6, 6.07) is 133. The van der Waals surface area contributed by atoms with Crippen molar-refractivity contribution in [3.8, 4) is 100 Å². The van der Waals surface area contributed by atoms with E-state index in [1.807, 2.05) is 0 Å². The molecule has 0 spiro atoms. The fraction of sp³-hybridized carbons (Fsp3) is 0.0588. The van der Waals surface area contributed by atoms with Crippen LogP contribution in [0.25, 0.3) is 144 Å². The van der Waals surface area contributed by atoms with E-state index in [2.05, 4.69) is 401 Å². The van der Waals surface area contributed by atoms with E-state index in [1.54, 1.807) is 0 Å². The lowest BCUT2D eigenvalue weighted by molar-refractivity contribution is 0.660. The van der Waals surface area contributed by atoms with Crippen molar-refractivity contribution in [2.45, 2.75) is 38.5 Å². The average molecular weight is 1360 g/mol. The summed E-state index contributed by atoms with van der Waals surface area (Å²) in [4.78, 5) is 4.90. The van der Waals surface area contributed by atoms with Gasteiger partial charge in [0.1, 0.15) is 16.7 Å². The maximum Gasteiger partial charge on any atom is 0.159 e. The van der Waals surface area contributed by atoms with E-state index in [0.717, 1.165) is 111 Å². The molecule has 2 aromatic heterocycles. The first-order valence-electron chi connectivity index (χ1n) is 36.8. The van der Waals surface area contributed by atoms with Crippen molar-refractivity contribution >= 4 is 78.0 Å². The molecule has 0 unspecified atom stereocenters. The van der Waals surface area contributed by atoms with Gasteiger partial charge in [-0.15, -0.1) is 0 Å². The van der Waals surface area contributed by atoms with E-state index in [1.165, 1.54) is 89.0 Å². The summed E-state index contributed by atoms with van der Waals surface area (Å²) in [5.74, 6) is 0. The second kappa shape index (κ2) is 24.7. The Hall–Kier alpha value is -13.3. The molecule has 2 aliphatic rings. The van der Waals surface area contributed by atoms with Crippen LogP contribution in [-0.2, 0) is 10.8 Å². The molecule has 4 nitrogen and oxygen atoms in total. The van der Waals surface area contributed by atoms with Gasteiger partial charge >= 0.3 is 0 Å². The van der Waals surface area contributed by atoms with Crippen molar-refractivity contribution < 1.29 is 8.83 Å². The van der Waals surface area contributed by atoms with Crippen LogP contribution in [-0.4, -0.2) is 0 Å². The number of hydrogen-bond donors (Lipinski definition) is 0. The summed E-state index contributed by atoms with van der Waals surface area (Å²) < 4.78 is 14.1. The smallest absolute Gasteiger partial charge is 0.159 e. The number of hydrogen-bond acceptors (Lipinski definition) is 4. The number of fused-ring (bicyclic) bond motifs is 12. The standard InChI is InChI=1S/C102H72N2O2/c1-101(2)90-58-73(69-40-36-67(37-41-69)65-22-9-5-10-23-65)45-52-82(90)84-55-48-78(63-92(84)101)103(94-33-19-17-30-80(94)71-26-13-7-14-27-71)77-50-57-98-89(62-77)87-54-47-76(61-99(87)105-98)75-44-51-81(72-28-15-8-16-29-72)96(60-75)104(95-34-21-32-88-86-31-18-20-35-97(86)106-100(88)95)79-49-56-85-83-53-46-74(59-91(83)102(3,4)93(85)64-79)70-42-38-68(39-43-70)66-24-11-6-12-25-66/h5-64H,1-4H3. The Labute approximate surface area is 617 Å². The maximum atomic E-state index is 7.03. The SMILES string of the molecule is CC1(C)c2cc(-c3ccc(-c4ccccc4)cc3)ccc2-c2ccc(N(c3ccc4oc5cc(-c6ccc(-c7ccccc7)c(N(c7ccc8c(c7)C(C)(C)c7cc(-c9ccc(-c%10ccccc%10)cc9)ccc7-8)c7cccc8c7oc7ccccc78)c6)ccc5c4c3)c3ccccc3-c3ccccc3)cc21. The second-order valence-corrected chi connectivity index (χ2v) is 29.5. The van der Waals surface area contributed by atoms with Gasteiger partial charge in [-0.3, -0.25) is 0 Å². The van der Waals surface area contributed by atoms with E-state index in [0.29, 0.717) is 0 Å². The van der Waals surface area contributed by atoms with Gasteiger partial charge in [-0.05, 0) is 202 Å². The monoisotopic (exact) mass is 1360 g/mol. The average Bonchev–Trinajstić information content (AvgIpc) is 1.52. The highest BCUT2D eigenvalue weighted by Crippen LogP contribution is 2.56. The van der Waals surface area contributed by atoms with Gasteiger partial charge in [0.05, 0.1) is 17.1 Å². The Morgan fingerprint density at radius 1 is 0.198 bits per heavy atom. The lowest BCUT2D eigenvalue weighted by Crippen LogP contribution is -2.17. The van der Waals surface area contributed by atoms with Gasteiger partial charge in [-0.1, -0.05) is 301 Å². The van der Waals surface area contributed by atoms with Crippen LogP contribution < -0.4 is 9.80 Å². The summed E-state index contributed by atoms with van der Waals surface area (Å²) in [7, 11) is 0. The summed E-state index contributed by atoms with van der Waals surface area (Å²) in [6.07, 6.45) is 0. The zero-order valence-corrected chi connectivity index (χ0v) is 59.4. The number of furan rings is 2. The molecule has 2 heterocycles. The molecule has 20 rings (SSSR count). The summed E-state index contributed by atoms with van der Waals surface area (Å²) >= 11 is 0. The first-order chi connectivity index (χ1) is 52.0. The van der Waals surface area contributed by atoms with Crippen LogP contribution >= 0.6 is 0 Å². The Morgan fingerprint density at radius 3 is 1.14 bits per heavy atom. The van der Waals surface area contributed by atoms with Crippen LogP contribution in [0.4, 0.5) is 34.1 Å². The molecule has 0 atom stereocenters. The first-order valence-corrected chi connectivity index (χ1v) is 36.8. The minimum Gasteiger partial charge on any atom is -0.456 e. The molecule has 18 aromatic rings. The third-order valence-electron chi connectivity index (χ3n) is 22.7. The Kier molecular flexibility index (Phi) is 14.6. The van der Waals surface area contributed by atoms with Crippen molar-refractivity contribution in [1.29, 1.82) is 0 Å². The molecule has 16 aromatic carbocycles. The van der Waals surface area contributed by atoms with E-state index >= 15 is 0 Å². The van der Waals surface area contributed by atoms with Gasteiger partial charge < -0.3 is 18.6 Å². The van der Waals surface area contributed by atoms with Crippen molar-refractivity contribution in [3.63, 3.8) is 0 Å². The van der Waals surface area contributed by atoms with Crippen molar-refractivity contribution in [2.24, 2.45) is 0 Å². The molecule has 0 saturated carbocycles. The maximum absolute atomic E-state index is 7.03. The number of rotatable bonds is 13. The number of benzene rings is 16. The van der Waals surface area contributed by atoms with Crippen molar-refractivity contribution in [2.75, 3.05) is 9.80 Å². The third kappa shape index (κ3) is 10.3. The summed E-state index contributed by atoms with van der Waals surface area (Å²) in [5, 5.41) is 4.23. The summed E-state index contributed by atoms with van der Waals surface area (Å²) in [5.41, 5.74) is 35.5. The molecule has 2 aliphatic carbocycles. The predicted molar refractivity (Wildman–Crippen MR) is 444 cm³/mol. The van der Waals surface area contributed by atoms with Gasteiger partial charge in [0.25, 0.3) is 0 Å². The van der Waals surface area contributed by atoms with E-state index < -0.39 is 0 Å². The molecule has 0 N–H and O–H groups in total. The Morgan fingerprint density at radius 2 is 0.566 bits per heavy atom. The van der Waals surface area contributed by atoms with E-state index in [-0.39, 0.29) is 10.8 Å². The van der Waals surface area contributed by atoms with Crippen molar-refractivity contribution in [1.82, 2.24) is 0 Å². The Balaban J connectivity index is 0.693. The highest BCUT2D eigenvalue weighted by atomic mass is 16.3. The highest BCUT2D eigenvalue weighted by Gasteiger charge is 2.39. The zero-order valence-electron chi connectivity index (χ0n) is 59.4. The molecule has 106 heavy (non-hydrogen) atoms. The first kappa shape index (κ1) is 62.5. The van der Waals surface area contributed by atoms with Crippen LogP contribution in [0.15, 0.2) is 373 Å². The molecule has 0 radical (unpaired) electrons. The van der Waals surface area contributed by atoms with E-state index in [9.17, 15) is 0 Å². The minimum absolute atomic E-state index is 0.285. The van der Waals surface area contributed by atoms with Crippen molar-refractivity contribution in [3.05, 3.63) is 386 Å². The Bertz CT molecular complexity index is 6480. The lowest BCUT2D eigenvalue weighted by Gasteiger charge is -2.30. The molecule has 0 fully saturated rings. The van der Waals surface area contributed by atoms with Gasteiger partial charge in [0, 0.05) is 60.6 Å². The molecular formula is C102H72N2O2. The number of anilines is 6. The third-order valence-corrected chi connectivity index (χ3v) is 22.7. The number of para-hydroxylation sites is 3. The summed E-state index contributed by atoms with van der Waals surface area (Å²) in [6.45, 7) is 9.54. The molecule has 0 saturated heterocycles. The zero-order chi connectivity index (χ0) is 70.8. The largest absolute Gasteiger partial charge is 0.456 e. The molecule has 0 bridgehead atoms. The van der Waals surface area contributed by atoms with E-state index in [4.69, 9.17) is 8.83 Å². The quantitative estimate of drug-likeness (QED) is 0.115. The molecule has 4 heteroatoms. The van der Waals surface area contributed by atoms with Crippen LogP contribution in [0.1, 0.15) is 49.9 Å². The molecule has 0 aliphatic heterocycles. The van der Waals surface area contributed by atoms with Gasteiger partial charge in [-0.25, -0.2) is 0 Å². The van der Waals surface area contributed by atoms with Crippen LogP contribution in [0.5, 0.6) is 0 Å². The van der Waals surface area contributed by atoms with Crippen LogP contribution in [0, 0.1) is 0 Å². The van der Waals surface area contributed by atoms with Gasteiger partial charge in [0.15, 0.2) is 5.58 Å². The topological polar surface area (TPSA) is 32.8 Å². The lowest BCUT2D eigenvalue weighted by atomic mass is 9.81. The minimum atomic E-state index is -0.328. The molecule has 0 amide bonds. The highest BCUT2D eigenvalue weighted by molar-refractivity contribution is 6.12. The van der Waals surface area contributed by atoms with Gasteiger partial charge in [-0.2, -0.15) is 0 Å². The van der Waals surface area contributed by atoms with Gasteiger partial charge in [0.2, 0.25) is 0 Å². The predicted octanol–water partition coefficient (Wildman–Crippen LogP) is 28.7. The second-order valence-electron chi connectivity index (χ2n) is 29.5. The molecular weight excluding hydrogens is 1290 g/mol. The van der Waals surface area contributed by atoms with Crippen LogP contribution in [0.2, 0.25) is 0 Å². The molecule has 502 valence electrons. The normalized spacial score (nSPS) is 13.1. The fourth-order valence-electron chi connectivity index (χ4n) is 17.2. The van der Waals surface area contributed by atoms with Crippen LogP contribution in [0.3, 0.4) is 0 Å². The fourth-order valence-corrected chi connectivity index (χ4v) is 17.2. The number of nitrogens with zero attached hydrogens (tertiary/aromatic N) is 2.